The molecule has 0 aromatic heterocycles. The number of morpholine rings is 1. The van der Waals surface area contributed by atoms with Crippen LogP contribution in [0.1, 0.15) is 34.1 Å². The first-order valence-corrected chi connectivity index (χ1v) is 7.91. The minimum absolute atomic E-state index is 0.0177. The summed E-state index contributed by atoms with van der Waals surface area (Å²) in [6.45, 7) is 13.0. The monoisotopic (exact) mass is 283 g/mol. The first-order valence-electron chi connectivity index (χ1n) is 7.91. The summed E-state index contributed by atoms with van der Waals surface area (Å²) < 4.78 is 5.82. The Kier molecular flexibility index (Phi) is 5.41. The number of rotatable bonds is 5. The third-order valence-corrected chi connectivity index (χ3v) is 4.27. The average Bonchev–Trinajstić information content (AvgIpc) is 2.66. The van der Waals surface area contributed by atoms with Gasteiger partial charge in [0.25, 0.3) is 0 Å². The van der Waals surface area contributed by atoms with Gasteiger partial charge in [-0.25, -0.2) is 0 Å². The van der Waals surface area contributed by atoms with Gasteiger partial charge in [0.15, 0.2) is 0 Å². The third-order valence-electron chi connectivity index (χ3n) is 4.27. The van der Waals surface area contributed by atoms with E-state index in [4.69, 9.17) is 4.74 Å². The molecule has 0 aliphatic carbocycles. The molecule has 0 aromatic rings. The van der Waals surface area contributed by atoms with Gasteiger partial charge in [0.2, 0.25) is 5.91 Å². The van der Waals surface area contributed by atoms with Crippen LogP contribution in [0.5, 0.6) is 0 Å². The van der Waals surface area contributed by atoms with Gasteiger partial charge < -0.3 is 9.64 Å². The van der Waals surface area contributed by atoms with E-state index < -0.39 is 0 Å². The highest BCUT2D eigenvalue weighted by molar-refractivity contribution is 5.84. The average molecular weight is 283 g/mol. The number of carbonyl (C=O) groups excluding carboxylic acids is 1. The molecule has 20 heavy (non-hydrogen) atoms. The Hall–Kier alpha value is -0.650. The van der Waals surface area contributed by atoms with Crippen molar-refractivity contribution in [1.29, 1.82) is 0 Å². The molecule has 116 valence electrons. The summed E-state index contributed by atoms with van der Waals surface area (Å²) >= 11 is 0. The van der Waals surface area contributed by atoms with Crippen LogP contribution in [0.3, 0.4) is 0 Å². The van der Waals surface area contributed by atoms with Crippen molar-refractivity contribution >= 4 is 5.91 Å². The van der Waals surface area contributed by atoms with E-state index >= 15 is 0 Å². The third kappa shape index (κ3) is 3.71. The maximum absolute atomic E-state index is 12.5. The number of carbonyl (C=O) groups is 1. The summed E-state index contributed by atoms with van der Waals surface area (Å²) in [5.74, 6) is 0.772. The fourth-order valence-corrected chi connectivity index (χ4v) is 3.13. The van der Waals surface area contributed by atoms with Gasteiger partial charge in [0, 0.05) is 19.6 Å². The molecular formula is C15H29N3O2. The summed E-state index contributed by atoms with van der Waals surface area (Å²) in [4.78, 5) is 16.8. The molecule has 5 nitrogen and oxygen atoms in total. The lowest BCUT2D eigenvalue weighted by molar-refractivity contribution is -0.133. The Labute approximate surface area is 122 Å². The largest absolute Gasteiger partial charge is 0.374 e. The van der Waals surface area contributed by atoms with E-state index in [0.717, 1.165) is 32.7 Å². The van der Waals surface area contributed by atoms with Crippen molar-refractivity contribution in [3.63, 3.8) is 0 Å². The number of ether oxygens (including phenoxy) is 1. The molecule has 0 radical (unpaired) electrons. The molecule has 2 aliphatic heterocycles. The molecule has 5 heteroatoms. The van der Waals surface area contributed by atoms with E-state index in [1.54, 1.807) is 0 Å². The first kappa shape index (κ1) is 15.7. The Morgan fingerprint density at radius 3 is 2.85 bits per heavy atom. The van der Waals surface area contributed by atoms with Crippen molar-refractivity contribution in [1.82, 2.24) is 15.1 Å². The number of nitrogens with zero attached hydrogens (tertiary/aromatic N) is 2. The maximum Gasteiger partial charge on any atom is 0.241 e. The molecule has 0 saturated carbocycles. The molecule has 0 aromatic carbocycles. The van der Waals surface area contributed by atoms with E-state index in [1.165, 1.54) is 0 Å². The van der Waals surface area contributed by atoms with Crippen LogP contribution in [0.25, 0.3) is 0 Å². The summed E-state index contributed by atoms with van der Waals surface area (Å²) in [7, 11) is 0. The van der Waals surface area contributed by atoms with Crippen molar-refractivity contribution in [3.05, 3.63) is 0 Å². The van der Waals surface area contributed by atoms with E-state index in [9.17, 15) is 4.79 Å². The van der Waals surface area contributed by atoms with Crippen molar-refractivity contribution in [2.45, 2.75) is 52.4 Å². The molecule has 0 bridgehead atoms. The molecule has 1 N–H and O–H groups in total. The van der Waals surface area contributed by atoms with E-state index in [2.05, 4.69) is 37.9 Å². The zero-order chi connectivity index (χ0) is 14.7. The van der Waals surface area contributed by atoms with Crippen LogP contribution in [0.4, 0.5) is 0 Å². The Morgan fingerprint density at radius 2 is 2.20 bits per heavy atom. The number of hydrogen-bond acceptors (Lipinski definition) is 4. The Balaban J connectivity index is 1.90. The van der Waals surface area contributed by atoms with Gasteiger partial charge in [0.05, 0.1) is 24.9 Å². The molecular weight excluding hydrogens is 254 g/mol. The van der Waals surface area contributed by atoms with Crippen LogP contribution in [-0.2, 0) is 9.53 Å². The number of hydrogen-bond donors (Lipinski definition) is 1. The summed E-state index contributed by atoms with van der Waals surface area (Å²) in [5.41, 5.74) is 0. The van der Waals surface area contributed by atoms with E-state index in [-0.39, 0.29) is 24.2 Å². The number of nitrogens with one attached hydrogen (secondary N) is 1. The van der Waals surface area contributed by atoms with Gasteiger partial charge in [-0.1, -0.05) is 20.8 Å². The second-order valence-corrected chi connectivity index (χ2v) is 6.40. The van der Waals surface area contributed by atoms with Gasteiger partial charge in [0.1, 0.15) is 0 Å². The zero-order valence-electron chi connectivity index (χ0n) is 13.3. The molecule has 3 unspecified atom stereocenters. The standard InChI is InChI=1S/C15H29N3O2/c1-5-17-6-7-20-13(9-17)10-18-12(4)16-14(15(18)19)8-11(2)3/h11-14,16H,5-10H2,1-4H3. The van der Waals surface area contributed by atoms with Gasteiger partial charge in [-0.3, -0.25) is 15.0 Å². The lowest BCUT2D eigenvalue weighted by atomic mass is 10.0. The summed E-state index contributed by atoms with van der Waals surface area (Å²) in [5, 5.41) is 3.41. The van der Waals surface area contributed by atoms with E-state index in [0.29, 0.717) is 12.5 Å². The smallest absolute Gasteiger partial charge is 0.241 e. The molecule has 2 saturated heterocycles. The minimum Gasteiger partial charge on any atom is -0.374 e. The summed E-state index contributed by atoms with van der Waals surface area (Å²) in [6, 6.07) is -0.0177. The van der Waals surface area contributed by atoms with Crippen LogP contribution in [0.15, 0.2) is 0 Å². The molecule has 2 heterocycles. The zero-order valence-corrected chi connectivity index (χ0v) is 13.3. The molecule has 3 atom stereocenters. The second kappa shape index (κ2) is 6.87. The van der Waals surface area contributed by atoms with Crippen molar-refractivity contribution in [2.75, 3.05) is 32.8 Å². The van der Waals surface area contributed by atoms with Crippen LogP contribution >= 0.6 is 0 Å². The van der Waals surface area contributed by atoms with E-state index in [1.807, 2.05) is 4.90 Å². The second-order valence-electron chi connectivity index (χ2n) is 6.40. The molecule has 2 rings (SSSR count). The fraction of sp³-hybridized carbons (Fsp3) is 0.933. The van der Waals surface area contributed by atoms with Gasteiger partial charge in [-0.2, -0.15) is 0 Å². The lowest BCUT2D eigenvalue weighted by Crippen LogP contribution is -2.49. The van der Waals surface area contributed by atoms with Crippen LogP contribution in [0, 0.1) is 5.92 Å². The maximum atomic E-state index is 12.5. The highest BCUT2D eigenvalue weighted by atomic mass is 16.5. The topological polar surface area (TPSA) is 44.8 Å². The van der Waals surface area contributed by atoms with Crippen molar-refractivity contribution < 1.29 is 9.53 Å². The predicted molar refractivity (Wildman–Crippen MR) is 79.4 cm³/mol. The minimum atomic E-state index is -0.0177. The van der Waals surface area contributed by atoms with Crippen LogP contribution < -0.4 is 5.32 Å². The summed E-state index contributed by atoms with van der Waals surface area (Å²) in [6.07, 6.45) is 1.17. The SMILES string of the molecule is CCN1CCOC(CN2C(=O)C(CC(C)C)NC2C)C1. The molecule has 0 spiro atoms. The molecule has 1 amide bonds. The lowest BCUT2D eigenvalue weighted by Gasteiger charge is -2.35. The van der Waals surface area contributed by atoms with Gasteiger partial charge in [-0.15, -0.1) is 0 Å². The van der Waals surface area contributed by atoms with Crippen molar-refractivity contribution in [2.24, 2.45) is 5.92 Å². The highest BCUT2D eigenvalue weighted by Crippen LogP contribution is 2.18. The highest BCUT2D eigenvalue weighted by Gasteiger charge is 2.38. The molecule has 2 fully saturated rings. The number of amides is 1. The number of likely N-dealkylation sites (N-methyl/N-ethyl adjacent to an activating group) is 1. The van der Waals surface area contributed by atoms with Crippen LogP contribution in [0.2, 0.25) is 0 Å². The Bertz CT molecular complexity index is 335. The predicted octanol–water partition coefficient (Wildman–Crippen LogP) is 0.900. The van der Waals surface area contributed by atoms with Crippen molar-refractivity contribution in [3.8, 4) is 0 Å². The molecule has 2 aliphatic rings. The first-order chi connectivity index (χ1) is 9.51. The quantitative estimate of drug-likeness (QED) is 0.814. The van der Waals surface area contributed by atoms with Gasteiger partial charge >= 0.3 is 0 Å². The fourth-order valence-electron chi connectivity index (χ4n) is 3.13. The van der Waals surface area contributed by atoms with Gasteiger partial charge in [-0.05, 0) is 25.8 Å². The Morgan fingerprint density at radius 1 is 1.45 bits per heavy atom. The van der Waals surface area contributed by atoms with Crippen LogP contribution in [-0.4, -0.2) is 66.8 Å². The normalized spacial score (nSPS) is 32.4.